The lowest BCUT2D eigenvalue weighted by atomic mass is 9.97. The van der Waals surface area contributed by atoms with Gasteiger partial charge in [0.2, 0.25) is 0 Å². The molecule has 3 heterocycles. The van der Waals surface area contributed by atoms with Crippen LogP contribution >= 0.6 is 11.6 Å². The van der Waals surface area contributed by atoms with Crippen molar-refractivity contribution in [1.29, 1.82) is 0 Å². The molecule has 11 heteroatoms. The number of halogens is 4. The zero-order valence-corrected chi connectivity index (χ0v) is 16.1. The van der Waals surface area contributed by atoms with Crippen LogP contribution in [0.15, 0.2) is 18.3 Å². The smallest absolute Gasteiger partial charge is 0.475 e. The predicted molar refractivity (Wildman–Crippen MR) is 97.3 cm³/mol. The second-order valence-corrected chi connectivity index (χ2v) is 6.88. The highest BCUT2D eigenvalue weighted by atomic mass is 35.5. The number of nitrogens with zero attached hydrogens (tertiary/aromatic N) is 4. The third kappa shape index (κ3) is 6.61. The van der Waals surface area contributed by atoms with Gasteiger partial charge in [-0.1, -0.05) is 11.6 Å². The van der Waals surface area contributed by atoms with E-state index >= 15 is 0 Å². The van der Waals surface area contributed by atoms with Crippen LogP contribution in [0, 0.1) is 5.92 Å². The number of likely N-dealkylation sites (tertiary alicyclic amines) is 1. The zero-order valence-electron chi connectivity index (χ0n) is 15.3. The van der Waals surface area contributed by atoms with Crippen LogP contribution in [0.2, 0.25) is 5.15 Å². The number of aromatic nitrogens is 3. The van der Waals surface area contributed by atoms with E-state index in [9.17, 15) is 13.2 Å². The zero-order chi connectivity index (χ0) is 20.7. The first-order chi connectivity index (χ1) is 13.2. The molecule has 0 unspecified atom stereocenters. The van der Waals surface area contributed by atoms with E-state index in [1.54, 1.807) is 7.11 Å². The lowest BCUT2D eigenvalue weighted by Crippen LogP contribution is -2.36. The summed E-state index contributed by atoms with van der Waals surface area (Å²) in [7, 11) is 1.76. The van der Waals surface area contributed by atoms with Crippen LogP contribution in [-0.4, -0.2) is 70.3 Å². The molecule has 3 rings (SSSR count). The predicted octanol–water partition coefficient (Wildman–Crippen LogP) is 3.08. The van der Waals surface area contributed by atoms with E-state index in [1.165, 1.54) is 12.8 Å². The lowest BCUT2D eigenvalue weighted by Gasteiger charge is -2.31. The van der Waals surface area contributed by atoms with Crippen molar-refractivity contribution in [3.05, 3.63) is 23.5 Å². The molecule has 0 saturated carbocycles. The number of rotatable bonds is 5. The summed E-state index contributed by atoms with van der Waals surface area (Å²) in [5, 5.41) is 16.8. The molecule has 0 aliphatic carbocycles. The third-order valence-corrected chi connectivity index (χ3v) is 4.68. The maximum atomic E-state index is 10.6. The van der Waals surface area contributed by atoms with Crippen molar-refractivity contribution in [2.45, 2.75) is 25.6 Å². The van der Waals surface area contributed by atoms with Crippen LogP contribution < -0.4 is 0 Å². The summed E-state index contributed by atoms with van der Waals surface area (Å²) in [4.78, 5) is 11.4. The van der Waals surface area contributed by atoms with E-state index in [0.29, 0.717) is 11.1 Å². The van der Waals surface area contributed by atoms with Crippen LogP contribution in [0.4, 0.5) is 13.2 Å². The number of carboxylic acids is 1. The normalized spacial score (nSPS) is 16.0. The van der Waals surface area contributed by atoms with E-state index < -0.39 is 12.1 Å². The molecule has 1 aliphatic heterocycles. The van der Waals surface area contributed by atoms with Gasteiger partial charge >= 0.3 is 12.1 Å². The van der Waals surface area contributed by atoms with E-state index in [4.69, 9.17) is 26.2 Å². The molecule has 28 heavy (non-hydrogen) atoms. The maximum absolute atomic E-state index is 10.6. The maximum Gasteiger partial charge on any atom is 0.490 e. The molecule has 7 nitrogen and oxygen atoms in total. The molecule has 0 aromatic carbocycles. The van der Waals surface area contributed by atoms with Gasteiger partial charge < -0.3 is 19.3 Å². The average molecular weight is 423 g/mol. The fourth-order valence-corrected chi connectivity index (χ4v) is 3.16. The molecule has 156 valence electrons. The van der Waals surface area contributed by atoms with Gasteiger partial charge in [0.05, 0.1) is 6.61 Å². The first-order valence-corrected chi connectivity index (χ1v) is 9.08. The number of hydrogen-bond acceptors (Lipinski definition) is 5. The van der Waals surface area contributed by atoms with Gasteiger partial charge in [-0.25, -0.2) is 4.79 Å². The van der Waals surface area contributed by atoms with Gasteiger partial charge in [-0.3, -0.25) is 0 Å². The monoisotopic (exact) mass is 422 g/mol. The lowest BCUT2D eigenvalue weighted by molar-refractivity contribution is -0.192. The number of fused-ring (bicyclic) bond motifs is 1. The second kappa shape index (κ2) is 10.0. The quantitative estimate of drug-likeness (QED) is 0.797. The Bertz CT molecular complexity index is 777. The van der Waals surface area contributed by atoms with Gasteiger partial charge in [0, 0.05) is 31.8 Å². The third-order valence-electron chi connectivity index (χ3n) is 4.50. The molecule has 0 spiro atoms. The van der Waals surface area contributed by atoms with E-state index in [0.717, 1.165) is 43.8 Å². The van der Waals surface area contributed by atoms with Gasteiger partial charge in [-0.2, -0.15) is 13.2 Å². The molecule has 0 radical (unpaired) electrons. The number of methoxy groups -OCH3 is 1. The minimum atomic E-state index is -5.08. The SMILES string of the molecule is COCCN1CCC(Cn2ccc3cc(Cl)nnc32)CC1.O=C(O)C(F)(F)F. The van der Waals surface area contributed by atoms with Crippen molar-refractivity contribution >= 4 is 28.6 Å². The fourth-order valence-electron chi connectivity index (χ4n) is 3.00. The highest BCUT2D eigenvalue weighted by Crippen LogP contribution is 2.22. The number of hydrogen-bond donors (Lipinski definition) is 1. The Hall–Kier alpha value is -1.91. The number of alkyl halides is 3. The van der Waals surface area contributed by atoms with Gasteiger partial charge in [0.1, 0.15) is 0 Å². The Labute approximate surface area is 165 Å². The van der Waals surface area contributed by atoms with Crippen LogP contribution in [0.1, 0.15) is 12.8 Å². The number of piperidine rings is 1. The first-order valence-electron chi connectivity index (χ1n) is 8.70. The molecule has 0 amide bonds. The summed E-state index contributed by atoms with van der Waals surface area (Å²) < 4.78 is 39.1. The molecular weight excluding hydrogens is 401 g/mol. The van der Waals surface area contributed by atoms with E-state index in [1.807, 2.05) is 6.07 Å². The molecule has 2 aromatic heterocycles. The minimum Gasteiger partial charge on any atom is -0.475 e. The summed E-state index contributed by atoms with van der Waals surface area (Å²) >= 11 is 5.88. The summed E-state index contributed by atoms with van der Waals surface area (Å²) in [6.45, 7) is 5.19. The largest absolute Gasteiger partial charge is 0.490 e. The number of aliphatic carboxylic acids is 1. The number of carboxylic acid groups (broad SMARTS) is 1. The molecule has 2 aromatic rings. The van der Waals surface area contributed by atoms with Crippen LogP contribution in [0.25, 0.3) is 11.0 Å². The van der Waals surface area contributed by atoms with Crippen LogP contribution in [0.5, 0.6) is 0 Å². The van der Waals surface area contributed by atoms with Crippen molar-refractivity contribution in [1.82, 2.24) is 19.7 Å². The molecule has 1 N–H and O–H groups in total. The Balaban J connectivity index is 0.000000345. The molecule has 0 bridgehead atoms. The summed E-state index contributed by atoms with van der Waals surface area (Å²) in [5.74, 6) is -2.05. The fraction of sp³-hybridized carbons (Fsp3) is 0.588. The van der Waals surface area contributed by atoms with Gasteiger partial charge in [0.25, 0.3) is 0 Å². The summed E-state index contributed by atoms with van der Waals surface area (Å²) in [6, 6.07) is 3.93. The molecule has 1 saturated heterocycles. The van der Waals surface area contributed by atoms with Crippen molar-refractivity contribution in [3.63, 3.8) is 0 Å². The van der Waals surface area contributed by atoms with Gasteiger partial charge in [-0.05, 0) is 44.0 Å². The molecule has 1 fully saturated rings. The number of carbonyl (C=O) groups is 1. The van der Waals surface area contributed by atoms with Crippen molar-refractivity contribution in [3.8, 4) is 0 Å². The van der Waals surface area contributed by atoms with Crippen molar-refractivity contribution in [2.75, 3.05) is 33.4 Å². The van der Waals surface area contributed by atoms with Crippen LogP contribution in [0.3, 0.4) is 0 Å². The van der Waals surface area contributed by atoms with Crippen molar-refractivity contribution in [2.24, 2.45) is 5.92 Å². The van der Waals surface area contributed by atoms with E-state index in [2.05, 4.69) is 31.9 Å². The summed E-state index contributed by atoms with van der Waals surface area (Å²) in [5.41, 5.74) is 0.932. The van der Waals surface area contributed by atoms with E-state index in [-0.39, 0.29) is 0 Å². The first kappa shape index (κ1) is 22.4. The summed E-state index contributed by atoms with van der Waals surface area (Å²) in [6.07, 6.45) is -0.540. The Morgan fingerprint density at radius 3 is 2.57 bits per heavy atom. The standard InChI is InChI=1S/C15H21ClN4O.C2HF3O2/c1-21-9-8-19-5-2-12(3-6-19)11-20-7-4-13-10-14(16)17-18-15(13)20;3-2(4,5)1(6)7/h4,7,10,12H,2-3,5-6,8-9,11H2,1H3;(H,6,7). The van der Waals surface area contributed by atoms with Crippen LogP contribution in [-0.2, 0) is 16.1 Å². The van der Waals surface area contributed by atoms with Gasteiger partial charge in [0.15, 0.2) is 10.8 Å². The second-order valence-electron chi connectivity index (χ2n) is 6.49. The highest BCUT2D eigenvalue weighted by molar-refractivity contribution is 6.29. The topological polar surface area (TPSA) is 80.5 Å². The molecule has 1 aliphatic rings. The average Bonchev–Trinajstić information content (AvgIpc) is 3.02. The Morgan fingerprint density at radius 2 is 2.00 bits per heavy atom. The minimum absolute atomic E-state index is 0.451. The molecule has 0 atom stereocenters. The Kier molecular flexibility index (Phi) is 8.02. The molecular formula is C17H22ClF3N4O3. The Morgan fingerprint density at radius 1 is 1.36 bits per heavy atom. The highest BCUT2D eigenvalue weighted by Gasteiger charge is 2.38. The van der Waals surface area contributed by atoms with Crippen molar-refractivity contribution < 1.29 is 27.8 Å². The van der Waals surface area contributed by atoms with Gasteiger partial charge in [-0.15, -0.1) is 10.2 Å². The number of ether oxygens (including phenoxy) is 1.